The highest BCUT2D eigenvalue weighted by molar-refractivity contribution is 5.54. The smallest absolute Gasteiger partial charge is 0.127 e. The highest BCUT2D eigenvalue weighted by Gasteiger charge is 2.45. The van der Waals surface area contributed by atoms with E-state index in [9.17, 15) is 5.11 Å². The van der Waals surface area contributed by atoms with Crippen molar-refractivity contribution in [1.29, 1.82) is 0 Å². The van der Waals surface area contributed by atoms with Gasteiger partial charge in [0.15, 0.2) is 0 Å². The number of hydrogen-bond donors (Lipinski definition) is 1. The lowest BCUT2D eigenvalue weighted by Crippen LogP contribution is -2.45. The van der Waals surface area contributed by atoms with Gasteiger partial charge in [-0.1, -0.05) is 43.3 Å². The molecule has 0 amide bonds. The Hall–Kier alpha value is -2.32. The van der Waals surface area contributed by atoms with E-state index in [0.717, 1.165) is 30.6 Å². The maximum atomic E-state index is 10.7. The maximum absolute atomic E-state index is 10.7. The summed E-state index contributed by atoms with van der Waals surface area (Å²) in [4.78, 5) is 0. The Labute approximate surface area is 177 Å². The molecule has 1 heterocycles. The van der Waals surface area contributed by atoms with Gasteiger partial charge in [-0.3, -0.25) is 0 Å². The fourth-order valence-electron chi connectivity index (χ4n) is 4.43. The second-order valence-corrected chi connectivity index (χ2v) is 8.62. The van der Waals surface area contributed by atoms with Crippen LogP contribution in [0.25, 0.3) is 0 Å². The molecule has 1 aliphatic heterocycles. The minimum absolute atomic E-state index is 0.177. The lowest BCUT2D eigenvalue weighted by Gasteiger charge is -2.46. The predicted molar refractivity (Wildman–Crippen MR) is 122 cm³/mol. The first-order valence-electron chi connectivity index (χ1n) is 10.9. The van der Waals surface area contributed by atoms with Crippen molar-refractivity contribution < 1.29 is 9.84 Å². The lowest BCUT2D eigenvalue weighted by atomic mass is 9.68. The molecule has 1 aromatic rings. The quantitative estimate of drug-likeness (QED) is 0.348. The monoisotopic (exact) mass is 392 g/mol. The molecule has 2 atom stereocenters. The third kappa shape index (κ3) is 5.83. The molecule has 0 fully saturated rings. The first kappa shape index (κ1) is 23.0. The number of aromatic hydroxyl groups is 1. The molecule has 1 N–H and O–H groups in total. The van der Waals surface area contributed by atoms with Gasteiger partial charge in [0, 0.05) is 17.4 Å². The Kier molecular flexibility index (Phi) is 8.28. The van der Waals surface area contributed by atoms with Crippen LogP contribution in [0.4, 0.5) is 0 Å². The highest BCUT2D eigenvalue weighted by atomic mass is 16.5. The van der Waals surface area contributed by atoms with Gasteiger partial charge in [0.25, 0.3) is 0 Å². The number of phenols is 1. The maximum Gasteiger partial charge on any atom is 0.127 e. The van der Waals surface area contributed by atoms with Crippen LogP contribution in [-0.2, 0) is 6.42 Å². The number of benzene rings is 1. The molecule has 0 saturated heterocycles. The largest absolute Gasteiger partial charge is 0.507 e. The zero-order valence-electron chi connectivity index (χ0n) is 19.0. The molecule has 0 saturated carbocycles. The zero-order valence-corrected chi connectivity index (χ0v) is 19.0. The standard InChI is InChI=1S/C21H30O2.C6H6/c1-5-6-7-8-15-12-18(22)20-16-11-14(2)9-10-17(16)21(3,4)23-19(20)13-15;1-3-5-6-4-2/h11-13,16-17,22H,5-10H2,1-4H3;1-2H3/t16-,17+;/m1./s1. The number of rotatable bonds is 4. The molecule has 2 nitrogen and oxygen atoms in total. The first-order chi connectivity index (χ1) is 13.8. The van der Waals surface area contributed by atoms with E-state index in [1.54, 1.807) is 13.8 Å². The van der Waals surface area contributed by atoms with Gasteiger partial charge in [0.2, 0.25) is 0 Å². The molecule has 0 radical (unpaired) electrons. The van der Waals surface area contributed by atoms with Crippen molar-refractivity contribution in [2.24, 2.45) is 5.92 Å². The van der Waals surface area contributed by atoms with Gasteiger partial charge < -0.3 is 9.84 Å². The number of phenolic OH excluding ortho intramolecular Hbond substituents is 1. The summed E-state index contributed by atoms with van der Waals surface area (Å²) in [5.41, 5.74) is 3.46. The topological polar surface area (TPSA) is 29.5 Å². The van der Waals surface area contributed by atoms with Gasteiger partial charge in [-0.25, -0.2) is 0 Å². The van der Waals surface area contributed by atoms with E-state index < -0.39 is 0 Å². The molecular formula is C27H36O2. The molecule has 0 bridgehead atoms. The van der Waals surface area contributed by atoms with Crippen LogP contribution in [0.5, 0.6) is 11.5 Å². The van der Waals surface area contributed by atoms with Gasteiger partial charge in [-0.15, -0.1) is 0 Å². The van der Waals surface area contributed by atoms with Gasteiger partial charge in [0.05, 0.1) is 0 Å². The summed E-state index contributed by atoms with van der Waals surface area (Å²) in [6.07, 6.45) is 9.26. The van der Waals surface area contributed by atoms with Crippen LogP contribution in [0.1, 0.15) is 90.7 Å². The molecular weight excluding hydrogens is 356 g/mol. The van der Waals surface area contributed by atoms with Crippen LogP contribution in [0.15, 0.2) is 23.8 Å². The van der Waals surface area contributed by atoms with Crippen molar-refractivity contribution in [1.82, 2.24) is 0 Å². The number of hydrogen-bond acceptors (Lipinski definition) is 2. The minimum Gasteiger partial charge on any atom is -0.507 e. The fourth-order valence-corrected chi connectivity index (χ4v) is 4.43. The van der Waals surface area contributed by atoms with E-state index in [1.165, 1.54) is 30.4 Å². The second kappa shape index (κ2) is 10.5. The summed E-state index contributed by atoms with van der Waals surface area (Å²) in [7, 11) is 0. The van der Waals surface area contributed by atoms with E-state index in [1.807, 2.05) is 6.07 Å². The number of ether oxygens (including phenoxy) is 1. The second-order valence-electron chi connectivity index (χ2n) is 8.62. The summed E-state index contributed by atoms with van der Waals surface area (Å²) in [5.74, 6) is 12.5. The molecule has 0 unspecified atom stereocenters. The predicted octanol–water partition coefficient (Wildman–Crippen LogP) is 6.77. The van der Waals surface area contributed by atoms with Crippen molar-refractivity contribution in [2.75, 3.05) is 0 Å². The van der Waals surface area contributed by atoms with Crippen LogP contribution < -0.4 is 4.74 Å². The number of fused-ring (bicyclic) bond motifs is 3. The van der Waals surface area contributed by atoms with Crippen molar-refractivity contribution in [3.63, 3.8) is 0 Å². The van der Waals surface area contributed by atoms with Gasteiger partial charge >= 0.3 is 0 Å². The third-order valence-corrected chi connectivity index (χ3v) is 5.91. The average molecular weight is 393 g/mol. The first-order valence-corrected chi connectivity index (χ1v) is 10.9. The molecule has 2 aliphatic rings. The molecule has 2 heteroatoms. The zero-order chi connectivity index (χ0) is 21.4. The van der Waals surface area contributed by atoms with Crippen molar-refractivity contribution in [3.8, 4) is 35.2 Å². The van der Waals surface area contributed by atoms with Crippen molar-refractivity contribution >= 4 is 0 Å². The van der Waals surface area contributed by atoms with Crippen LogP contribution in [0, 0.1) is 29.6 Å². The Bertz CT molecular complexity index is 834. The molecule has 0 spiro atoms. The van der Waals surface area contributed by atoms with Crippen LogP contribution >= 0.6 is 0 Å². The molecule has 29 heavy (non-hydrogen) atoms. The summed E-state index contributed by atoms with van der Waals surface area (Å²) >= 11 is 0. The molecule has 1 aliphatic carbocycles. The van der Waals surface area contributed by atoms with E-state index in [4.69, 9.17) is 4.74 Å². The Morgan fingerprint density at radius 1 is 1.14 bits per heavy atom. The molecule has 1 aromatic carbocycles. The van der Waals surface area contributed by atoms with Gasteiger partial charge in [-0.2, -0.15) is 0 Å². The minimum atomic E-state index is -0.177. The van der Waals surface area contributed by atoms with Crippen LogP contribution in [-0.4, -0.2) is 10.7 Å². The van der Waals surface area contributed by atoms with E-state index in [-0.39, 0.29) is 11.5 Å². The van der Waals surface area contributed by atoms with Crippen LogP contribution in [0.3, 0.4) is 0 Å². The van der Waals surface area contributed by atoms with Crippen molar-refractivity contribution in [3.05, 3.63) is 34.9 Å². The van der Waals surface area contributed by atoms with Gasteiger partial charge in [-0.05, 0) is 89.8 Å². The Morgan fingerprint density at radius 2 is 1.83 bits per heavy atom. The number of aryl methyl sites for hydroxylation is 1. The highest BCUT2D eigenvalue weighted by Crippen LogP contribution is 2.53. The third-order valence-electron chi connectivity index (χ3n) is 5.91. The van der Waals surface area contributed by atoms with E-state index in [0.29, 0.717) is 11.7 Å². The Morgan fingerprint density at radius 3 is 2.45 bits per heavy atom. The van der Waals surface area contributed by atoms with E-state index in [2.05, 4.69) is 63.5 Å². The lowest BCUT2D eigenvalue weighted by molar-refractivity contribution is 0.0107. The number of unbranched alkanes of at least 4 members (excludes halogenated alkanes) is 2. The molecule has 156 valence electrons. The van der Waals surface area contributed by atoms with Gasteiger partial charge in [0.1, 0.15) is 17.1 Å². The Balaban J connectivity index is 0.000000438. The van der Waals surface area contributed by atoms with E-state index >= 15 is 0 Å². The summed E-state index contributed by atoms with van der Waals surface area (Å²) in [6.45, 7) is 12.4. The fraction of sp³-hybridized carbons (Fsp3) is 0.556. The summed E-state index contributed by atoms with van der Waals surface area (Å²) in [5, 5.41) is 10.7. The summed E-state index contributed by atoms with van der Waals surface area (Å²) < 4.78 is 6.36. The number of allylic oxidation sites excluding steroid dienone is 2. The summed E-state index contributed by atoms with van der Waals surface area (Å²) in [6, 6.07) is 4.13. The molecule has 3 rings (SSSR count). The SMILES string of the molecule is CC#CC#CC.CCCCCc1cc(O)c2c(c1)OC(C)(C)[C@H]1CCC(C)=C[C@@H]21. The van der Waals surface area contributed by atoms with Crippen molar-refractivity contribution in [2.45, 2.75) is 91.6 Å². The molecule has 0 aromatic heterocycles. The average Bonchev–Trinajstić information content (AvgIpc) is 2.66. The normalized spacial score (nSPS) is 20.7. The van der Waals surface area contributed by atoms with Crippen LogP contribution in [0.2, 0.25) is 0 Å².